The molecule has 20 heavy (non-hydrogen) atoms. The standard InChI is InChI=1S/C17H25N3/c1-15-6-2-3-7-16(15)17(14-19)8-12-20(13-9-17)11-5-4-10-18/h2-3,6-7H,4-5,8-13,18H2,1H3. The minimum absolute atomic E-state index is 0.282. The lowest BCUT2D eigenvalue weighted by Gasteiger charge is -2.38. The Hall–Kier alpha value is -1.37. The van der Waals surface area contributed by atoms with E-state index in [0.717, 1.165) is 45.4 Å². The summed E-state index contributed by atoms with van der Waals surface area (Å²) >= 11 is 0. The second-order valence-electron chi connectivity index (χ2n) is 5.85. The van der Waals surface area contributed by atoms with E-state index in [1.54, 1.807) is 0 Å². The smallest absolute Gasteiger partial charge is 0.0849 e. The van der Waals surface area contributed by atoms with Crippen LogP contribution in [0, 0.1) is 18.3 Å². The van der Waals surface area contributed by atoms with E-state index in [0.29, 0.717) is 0 Å². The number of hydrogen-bond acceptors (Lipinski definition) is 3. The van der Waals surface area contributed by atoms with Gasteiger partial charge in [0.2, 0.25) is 0 Å². The minimum Gasteiger partial charge on any atom is -0.330 e. The summed E-state index contributed by atoms with van der Waals surface area (Å²) in [5.74, 6) is 0. The lowest BCUT2D eigenvalue weighted by molar-refractivity contribution is 0.183. The Morgan fingerprint density at radius 2 is 1.95 bits per heavy atom. The van der Waals surface area contributed by atoms with E-state index in [-0.39, 0.29) is 5.41 Å². The molecule has 0 radical (unpaired) electrons. The van der Waals surface area contributed by atoms with Crippen molar-refractivity contribution in [3.8, 4) is 6.07 Å². The van der Waals surface area contributed by atoms with Gasteiger partial charge in [0.15, 0.2) is 0 Å². The molecule has 108 valence electrons. The van der Waals surface area contributed by atoms with Crippen LogP contribution in [0.15, 0.2) is 24.3 Å². The number of nitriles is 1. The largest absolute Gasteiger partial charge is 0.330 e. The van der Waals surface area contributed by atoms with Gasteiger partial charge in [-0.25, -0.2) is 0 Å². The average molecular weight is 271 g/mol. The summed E-state index contributed by atoms with van der Waals surface area (Å²) in [6, 6.07) is 11.0. The Bertz CT molecular complexity index is 467. The third-order valence-electron chi connectivity index (χ3n) is 4.51. The normalized spacial score (nSPS) is 18.6. The molecule has 0 aromatic heterocycles. The molecule has 1 fully saturated rings. The maximum atomic E-state index is 9.73. The van der Waals surface area contributed by atoms with Gasteiger partial charge >= 0.3 is 0 Å². The molecule has 1 aromatic rings. The van der Waals surface area contributed by atoms with E-state index in [1.807, 2.05) is 6.07 Å². The van der Waals surface area contributed by atoms with Gasteiger partial charge < -0.3 is 10.6 Å². The van der Waals surface area contributed by atoms with Gasteiger partial charge in [0, 0.05) is 0 Å². The van der Waals surface area contributed by atoms with E-state index in [1.165, 1.54) is 17.5 Å². The van der Waals surface area contributed by atoms with E-state index in [2.05, 4.69) is 36.1 Å². The third-order valence-corrected chi connectivity index (χ3v) is 4.51. The van der Waals surface area contributed by atoms with Crippen molar-refractivity contribution < 1.29 is 0 Å². The number of unbranched alkanes of at least 4 members (excludes halogenated alkanes) is 1. The number of likely N-dealkylation sites (tertiary alicyclic amines) is 1. The summed E-state index contributed by atoms with van der Waals surface area (Å²) in [7, 11) is 0. The van der Waals surface area contributed by atoms with Crippen molar-refractivity contribution in [2.45, 2.75) is 38.0 Å². The van der Waals surface area contributed by atoms with Gasteiger partial charge in [-0.1, -0.05) is 24.3 Å². The fourth-order valence-corrected chi connectivity index (χ4v) is 3.19. The minimum atomic E-state index is -0.282. The Morgan fingerprint density at radius 1 is 1.25 bits per heavy atom. The molecule has 0 bridgehead atoms. The highest BCUT2D eigenvalue weighted by Crippen LogP contribution is 2.36. The molecule has 0 atom stereocenters. The fourth-order valence-electron chi connectivity index (χ4n) is 3.19. The Kier molecular flexibility index (Phi) is 5.17. The topological polar surface area (TPSA) is 53.0 Å². The van der Waals surface area contributed by atoms with Gasteiger partial charge in [-0.3, -0.25) is 0 Å². The zero-order chi connectivity index (χ0) is 14.4. The molecule has 3 heteroatoms. The van der Waals surface area contributed by atoms with Crippen LogP contribution in [-0.4, -0.2) is 31.1 Å². The van der Waals surface area contributed by atoms with E-state index in [4.69, 9.17) is 5.73 Å². The molecule has 0 spiro atoms. The molecule has 0 unspecified atom stereocenters. The number of rotatable bonds is 5. The predicted octanol–water partition coefficient (Wildman–Crippen LogP) is 2.59. The molecule has 0 amide bonds. The lowest BCUT2D eigenvalue weighted by Crippen LogP contribution is -2.42. The van der Waals surface area contributed by atoms with Crippen LogP contribution in [0.2, 0.25) is 0 Å². The van der Waals surface area contributed by atoms with Crippen molar-refractivity contribution >= 4 is 0 Å². The summed E-state index contributed by atoms with van der Waals surface area (Å²) in [5, 5.41) is 9.73. The summed E-state index contributed by atoms with van der Waals surface area (Å²) in [5.41, 5.74) is 7.73. The van der Waals surface area contributed by atoms with Gasteiger partial charge in [-0.15, -0.1) is 0 Å². The first kappa shape index (κ1) is 15.0. The highest BCUT2D eigenvalue weighted by Gasteiger charge is 2.37. The molecule has 0 saturated carbocycles. The summed E-state index contributed by atoms with van der Waals surface area (Å²) in [6.07, 6.45) is 4.14. The summed E-state index contributed by atoms with van der Waals surface area (Å²) < 4.78 is 0. The number of aryl methyl sites for hydroxylation is 1. The van der Waals surface area contributed by atoms with Crippen molar-refractivity contribution in [2.75, 3.05) is 26.2 Å². The number of benzene rings is 1. The first-order valence-corrected chi connectivity index (χ1v) is 7.61. The van der Waals surface area contributed by atoms with Crippen LogP contribution in [0.5, 0.6) is 0 Å². The number of hydrogen-bond donors (Lipinski definition) is 1. The van der Waals surface area contributed by atoms with Crippen molar-refractivity contribution in [3.63, 3.8) is 0 Å². The van der Waals surface area contributed by atoms with E-state index in [9.17, 15) is 5.26 Å². The zero-order valence-corrected chi connectivity index (χ0v) is 12.4. The van der Waals surface area contributed by atoms with Gasteiger partial charge in [-0.2, -0.15) is 5.26 Å². The zero-order valence-electron chi connectivity index (χ0n) is 12.4. The average Bonchev–Trinajstić information content (AvgIpc) is 2.49. The van der Waals surface area contributed by atoms with E-state index >= 15 is 0 Å². The van der Waals surface area contributed by atoms with Crippen molar-refractivity contribution in [2.24, 2.45) is 5.73 Å². The molecule has 1 heterocycles. The molecule has 2 N–H and O–H groups in total. The monoisotopic (exact) mass is 271 g/mol. The van der Waals surface area contributed by atoms with Gasteiger partial charge in [0.1, 0.15) is 0 Å². The highest BCUT2D eigenvalue weighted by atomic mass is 15.1. The van der Waals surface area contributed by atoms with Gasteiger partial charge in [-0.05, 0) is 69.9 Å². The van der Waals surface area contributed by atoms with Crippen LogP contribution in [-0.2, 0) is 5.41 Å². The Balaban J connectivity index is 2.02. The second kappa shape index (κ2) is 6.88. The molecule has 3 nitrogen and oxygen atoms in total. The SMILES string of the molecule is Cc1ccccc1C1(C#N)CCN(CCCCN)CC1. The van der Waals surface area contributed by atoms with Crippen molar-refractivity contribution in [3.05, 3.63) is 35.4 Å². The van der Waals surface area contributed by atoms with Crippen LogP contribution < -0.4 is 5.73 Å². The number of nitrogens with zero attached hydrogens (tertiary/aromatic N) is 2. The molecule has 0 aliphatic carbocycles. The molecular formula is C17H25N3. The molecule has 1 aromatic carbocycles. The number of piperidine rings is 1. The van der Waals surface area contributed by atoms with Crippen LogP contribution in [0.1, 0.15) is 36.8 Å². The third kappa shape index (κ3) is 3.20. The lowest BCUT2D eigenvalue weighted by atomic mass is 9.72. The van der Waals surface area contributed by atoms with E-state index < -0.39 is 0 Å². The van der Waals surface area contributed by atoms with Gasteiger partial charge in [0.25, 0.3) is 0 Å². The Morgan fingerprint density at radius 3 is 2.55 bits per heavy atom. The molecule has 1 saturated heterocycles. The number of nitrogens with two attached hydrogens (primary N) is 1. The molecular weight excluding hydrogens is 246 g/mol. The van der Waals surface area contributed by atoms with Crippen molar-refractivity contribution in [1.82, 2.24) is 4.90 Å². The first-order valence-electron chi connectivity index (χ1n) is 7.61. The predicted molar refractivity (Wildman–Crippen MR) is 82.4 cm³/mol. The Labute approximate surface area is 122 Å². The molecule has 1 aliphatic rings. The second-order valence-corrected chi connectivity index (χ2v) is 5.85. The van der Waals surface area contributed by atoms with Crippen molar-refractivity contribution in [1.29, 1.82) is 5.26 Å². The maximum absolute atomic E-state index is 9.73. The fraction of sp³-hybridized carbons (Fsp3) is 0.588. The first-order chi connectivity index (χ1) is 9.72. The maximum Gasteiger partial charge on any atom is 0.0849 e. The molecule has 2 rings (SSSR count). The van der Waals surface area contributed by atoms with Crippen LogP contribution in [0.4, 0.5) is 0 Å². The molecule has 1 aliphatic heterocycles. The summed E-state index contributed by atoms with van der Waals surface area (Å²) in [4.78, 5) is 2.48. The van der Waals surface area contributed by atoms with Gasteiger partial charge in [0.05, 0.1) is 11.5 Å². The highest BCUT2D eigenvalue weighted by molar-refractivity contribution is 5.39. The van der Waals surface area contributed by atoms with Crippen LogP contribution in [0.3, 0.4) is 0 Å². The van der Waals surface area contributed by atoms with Crippen LogP contribution >= 0.6 is 0 Å². The van der Waals surface area contributed by atoms with Crippen LogP contribution in [0.25, 0.3) is 0 Å². The summed E-state index contributed by atoms with van der Waals surface area (Å²) in [6.45, 7) is 6.05. The quantitative estimate of drug-likeness (QED) is 0.837.